The maximum Gasteiger partial charge on any atom is 0.171 e. The van der Waals surface area contributed by atoms with Crippen LogP contribution >= 0.6 is 0 Å². The first kappa shape index (κ1) is 15.9. The number of rotatable bonds is 5. The second kappa shape index (κ2) is 7.04. The van der Waals surface area contributed by atoms with E-state index < -0.39 is 0 Å². The zero-order valence-corrected chi connectivity index (χ0v) is 13.7. The summed E-state index contributed by atoms with van der Waals surface area (Å²) in [7, 11) is 2.02. The van der Waals surface area contributed by atoms with E-state index in [-0.39, 0.29) is 24.4 Å². The summed E-state index contributed by atoms with van der Waals surface area (Å²) >= 11 is 0. The zero-order chi connectivity index (χ0) is 16.2. The van der Waals surface area contributed by atoms with Gasteiger partial charge in [-0.15, -0.1) is 0 Å². The number of carbonyl (C=O) groups is 1. The fourth-order valence-corrected chi connectivity index (χ4v) is 3.59. The number of hydrazone groups is 1. The molecule has 2 atom stereocenters. The SMILES string of the molecule is C=NN1C(=NCC(=O)C2CCCN2C)CCC1c1ccccc1. The van der Waals surface area contributed by atoms with Crippen molar-refractivity contribution in [1.29, 1.82) is 0 Å². The van der Waals surface area contributed by atoms with Gasteiger partial charge >= 0.3 is 0 Å². The summed E-state index contributed by atoms with van der Waals surface area (Å²) in [5.74, 6) is 1.09. The topological polar surface area (TPSA) is 48.3 Å². The van der Waals surface area contributed by atoms with Gasteiger partial charge in [-0.1, -0.05) is 30.3 Å². The first-order chi connectivity index (χ1) is 11.2. The second-order valence-electron chi connectivity index (χ2n) is 6.29. The maximum atomic E-state index is 12.3. The normalized spacial score (nSPS) is 26.8. The van der Waals surface area contributed by atoms with Crippen molar-refractivity contribution in [3.8, 4) is 0 Å². The van der Waals surface area contributed by atoms with E-state index in [2.05, 4.69) is 33.8 Å². The molecule has 2 fully saturated rings. The Kier molecular flexibility index (Phi) is 4.86. The molecule has 0 spiro atoms. The minimum Gasteiger partial charge on any atom is -0.297 e. The van der Waals surface area contributed by atoms with E-state index >= 15 is 0 Å². The van der Waals surface area contributed by atoms with E-state index in [1.807, 2.05) is 30.3 Å². The van der Waals surface area contributed by atoms with E-state index in [0.717, 1.165) is 38.1 Å². The van der Waals surface area contributed by atoms with E-state index in [1.165, 1.54) is 5.56 Å². The number of likely N-dealkylation sites (tertiary alicyclic amines) is 1. The number of nitrogens with zero attached hydrogens (tertiary/aromatic N) is 4. The summed E-state index contributed by atoms with van der Waals surface area (Å²) in [5, 5.41) is 6.02. The van der Waals surface area contributed by atoms with Crippen LogP contribution in [0.25, 0.3) is 0 Å². The van der Waals surface area contributed by atoms with Gasteiger partial charge < -0.3 is 0 Å². The lowest BCUT2D eigenvalue weighted by atomic mass is 10.1. The average molecular weight is 312 g/mol. The third-order valence-electron chi connectivity index (χ3n) is 4.85. The molecule has 2 aliphatic heterocycles. The molecule has 5 nitrogen and oxygen atoms in total. The third kappa shape index (κ3) is 3.34. The summed E-state index contributed by atoms with van der Waals surface area (Å²) in [6, 6.07) is 10.5. The highest BCUT2D eigenvalue weighted by Gasteiger charge is 2.31. The van der Waals surface area contributed by atoms with Crippen LogP contribution in [0.1, 0.15) is 37.3 Å². The van der Waals surface area contributed by atoms with Gasteiger partial charge in [0.1, 0.15) is 12.4 Å². The van der Waals surface area contributed by atoms with Gasteiger partial charge in [0.25, 0.3) is 0 Å². The minimum atomic E-state index is 0.0378. The highest BCUT2D eigenvalue weighted by atomic mass is 16.1. The van der Waals surface area contributed by atoms with Gasteiger partial charge in [0.05, 0.1) is 12.1 Å². The van der Waals surface area contributed by atoms with E-state index in [0.29, 0.717) is 0 Å². The van der Waals surface area contributed by atoms with Crippen LogP contribution in [0.4, 0.5) is 0 Å². The average Bonchev–Trinajstić information content (AvgIpc) is 3.19. The lowest BCUT2D eigenvalue weighted by Crippen LogP contribution is -2.34. The maximum absolute atomic E-state index is 12.3. The zero-order valence-electron chi connectivity index (χ0n) is 13.7. The van der Waals surface area contributed by atoms with Crippen LogP contribution < -0.4 is 0 Å². The molecule has 0 saturated carbocycles. The quantitative estimate of drug-likeness (QED) is 0.785. The Labute approximate surface area is 137 Å². The molecule has 0 aliphatic carbocycles. The molecular formula is C18H24N4O. The smallest absolute Gasteiger partial charge is 0.171 e. The number of aliphatic imine (C=N–C) groups is 1. The summed E-state index contributed by atoms with van der Waals surface area (Å²) in [6.45, 7) is 4.94. The van der Waals surface area contributed by atoms with Gasteiger partial charge in [-0.2, -0.15) is 5.10 Å². The van der Waals surface area contributed by atoms with Gasteiger partial charge in [-0.3, -0.25) is 14.7 Å². The number of benzene rings is 1. The van der Waals surface area contributed by atoms with Crippen molar-refractivity contribution in [3.05, 3.63) is 35.9 Å². The predicted octanol–water partition coefficient (Wildman–Crippen LogP) is 2.50. The molecule has 1 aromatic rings. The second-order valence-corrected chi connectivity index (χ2v) is 6.29. The van der Waals surface area contributed by atoms with Crippen molar-refractivity contribution < 1.29 is 4.79 Å². The summed E-state index contributed by atoms with van der Waals surface area (Å²) in [4.78, 5) is 19.0. The van der Waals surface area contributed by atoms with Gasteiger partial charge in [0.2, 0.25) is 0 Å². The number of hydrogen-bond donors (Lipinski definition) is 0. The molecule has 2 aliphatic rings. The van der Waals surface area contributed by atoms with Gasteiger partial charge in [0, 0.05) is 13.1 Å². The lowest BCUT2D eigenvalue weighted by molar-refractivity contribution is -0.121. The first-order valence-electron chi connectivity index (χ1n) is 8.28. The molecule has 0 radical (unpaired) electrons. The molecule has 0 aromatic heterocycles. The number of amidine groups is 1. The van der Waals surface area contributed by atoms with E-state index in [9.17, 15) is 4.79 Å². The molecular weight excluding hydrogens is 288 g/mol. The summed E-state index contributed by atoms with van der Waals surface area (Å²) < 4.78 is 0. The molecule has 122 valence electrons. The van der Waals surface area contributed by atoms with Crippen molar-refractivity contribution in [3.63, 3.8) is 0 Å². The highest BCUT2D eigenvalue weighted by molar-refractivity contribution is 5.91. The van der Waals surface area contributed by atoms with Crippen LogP contribution in [0.3, 0.4) is 0 Å². The van der Waals surface area contributed by atoms with E-state index in [4.69, 9.17) is 0 Å². The number of carbonyl (C=O) groups excluding carboxylic acids is 1. The number of ketones is 1. The summed E-state index contributed by atoms with van der Waals surface area (Å²) in [5.41, 5.74) is 1.21. The lowest BCUT2D eigenvalue weighted by Gasteiger charge is -2.22. The summed E-state index contributed by atoms with van der Waals surface area (Å²) in [6.07, 6.45) is 3.85. The Morgan fingerprint density at radius 3 is 2.74 bits per heavy atom. The Hall–Kier alpha value is -2.01. The van der Waals surface area contributed by atoms with Crippen LogP contribution in [0.5, 0.6) is 0 Å². The van der Waals surface area contributed by atoms with Gasteiger partial charge in [-0.05, 0) is 38.4 Å². The molecule has 0 amide bonds. The molecule has 2 saturated heterocycles. The van der Waals surface area contributed by atoms with Crippen molar-refractivity contribution in [2.45, 2.75) is 37.8 Å². The Bertz CT molecular complexity index is 598. The fraction of sp³-hybridized carbons (Fsp3) is 0.500. The monoisotopic (exact) mass is 312 g/mol. The van der Waals surface area contributed by atoms with Crippen LogP contribution in [-0.2, 0) is 4.79 Å². The van der Waals surface area contributed by atoms with Crippen molar-refractivity contribution in [2.24, 2.45) is 10.1 Å². The van der Waals surface area contributed by atoms with Crippen molar-refractivity contribution >= 4 is 18.3 Å². The van der Waals surface area contributed by atoms with Crippen LogP contribution in [0.15, 0.2) is 40.4 Å². The van der Waals surface area contributed by atoms with Crippen LogP contribution in [0, 0.1) is 0 Å². The van der Waals surface area contributed by atoms with Crippen LogP contribution in [0.2, 0.25) is 0 Å². The fourth-order valence-electron chi connectivity index (χ4n) is 3.59. The van der Waals surface area contributed by atoms with Crippen LogP contribution in [-0.4, -0.2) is 54.4 Å². The van der Waals surface area contributed by atoms with E-state index in [1.54, 1.807) is 0 Å². The number of likely N-dealkylation sites (N-methyl/N-ethyl adjacent to an activating group) is 1. The third-order valence-corrected chi connectivity index (χ3v) is 4.85. The standard InChI is InChI=1S/C18H24N4O/c1-19-22-15(14-7-4-3-5-8-14)10-11-18(22)20-13-17(23)16-9-6-12-21(16)2/h3-5,7-8,15-16H,1,6,9-13H2,2H3. The number of Topliss-reactive ketones (excluding diaryl/α,β-unsaturated/α-hetero) is 1. The van der Waals surface area contributed by atoms with Crippen molar-refractivity contribution in [1.82, 2.24) is 9.91 Å². The Morgan fingerprint density at radius 2 is 2.09 bits per heavy atom. The molecule has 1 aromatic carbocycles. The molecule has 5 heteroatoms. The largest absolute Gasteiger partial charge is 0.297 e. The highest BCUT2D eigenvalue weighted by Crippen LogP contribution is 2.33. The Morgan fingerprint density at radius 1 is 1.30 bits per heavy atom. The number of hydrogen-bond acceptors (Lipinski definition) is 4. The predicted molar refractivity (Wildman–Crippen MR) is 92.8 cm³/mol. The van der Waals surface area contributed by atoms with Crippen molar-refractivity contribution in [2.75, 3.05) is 20.1 Å². The van der Waals surface area contributed by atoms with Gasteiger partial charge in [-0.25, -0.2) is 5.01 Å². The molecule has 2 unspecified atom stereocenters. The van der Waals surface area contributed by atoms with Gasteiger partial charge in [0.15, 0.2) is 5.78 Å². The molecule has 0 N–H and O–H groups in total. The molecule has 23 heavy (non-hydrogen) atoms. The first-order valence-corrected chi connectivity index (χ1v) is 8.28. The minimum absolute atomic E-state index is 0.0378. The molecule has 2 heterocycles. The molecule has 0 bridgehead atoms. The Balaban J connectivity index is 1.68. The molecule has 3 rings (SSSR count).